The lowest BCUT2D eigenvalue weighted by Crippen LogP contribution is -2.26. The summed E-state index contributed by atoms with van der Waals surface area (Å²) in [6.45, 7) is 5.71. The minimum atomic E-state index is -1.15. The fraction of sp³-hybridized carbons (Fsp3) is 0.333. The van der Waals surface area contributed by atoms with E-state index >= 15 is 0 Å². The fourth-order valence-electron chi connectivity index (χ4n) is 1.38. The fourth-order valence-corrected chi connectivity index (χ4v) is 1.38. The quantitative estimate of drug-likeness (QED) is 0.750. The highest BCUT2D eigenvalue weighted by atomic mass is 16.4. The zero-order chi connectivity index (χ0) is 13.2. The standard InChI is InChI=1S/C12H15NO4/c1-12(2,3)13-9-5-7(10(14)15)4-8(6-9)11(16)17/h4-6,13H,1-3H3,(H,14,15)(H,16,17). The Morgan fingerprint density at radius 3 is 1.71 bits per heavy atom. The van der Waals surface area contributed by atoms with Gasteiger partial charge in [0.2, 0.25) is 0 Å². The van der Waals surface area contributed by atoms with Crippen molar-refractivity contribution in [2.45, 2.75) is 26.3 Å². The predicted molar refractivity (Wildman–Crippen MR) is 63.7 cm³/mol. The second-order valence-corrected chi connectivity index (χ2v) is 4.78. The molecule has 0 aromatic heterocycles. The third-order valence-corrected chi connectivity index (χ3v) is 1.95. The second-order valence-electron chi connectivity index (χ2n) is 4.78. The number of hydrogen-bond acceptors (Lipinski definition) is 3. The maximum atomic E-state index is 10.9. The van der Waals surface area contributed by atoms with Crippen LogP contribution >= 0.6 is 0 Å². The molecule has 0 amide bonds. The Balaban J connectivity index is 3.22. The van der Waals surface area contributed by atoms with Crippen LogP contribution in [0.4, 0.5) is 5.69 Å². The van der Waals surface area contributed by atoms with Crippen LogP contribution in [-0.4, -0.2) is 27.7 Å². The first-order chi connectivity index (χ1) is 7.69. The van der Waals surface area contributed by atoms with Crippen LogP contribution in [0.25, 0.3) is 0 Å². The number of benzene rings is 1. The van der Waals surface area contributed by atoms with Gasteiger partial charge in [-0.05, 0) is 39.0 Å². The Labute approximate surface area is 99.1 Å². The monoisotopic (exact) mass is 237 g/mol. The van der Waals surface area contributed by atoms with Gasteiger partial charge in [-0.15, -0.1) is 0 Å². The molecule has 0 unspecified atom stereocenters. The zero-order valence-corrected chi connectivity index (χ0v) is 9.94. The molecule has 0 aliphatic heterocycles. The number of carboxylic acid groups (broad SMARTS) is 2. The van der Waals surface area contributed by atoms with Crippen LogP contribution in [0.5, 0.6) is 0 Å². The van der Waals surface area contributed by atoms with E-state index in [9.17, 15) is 9.59 Å². The third kappa shape index (κ3) is 3.79. The van der Waals surface area contributed by atoms with Gasteiger partial charge in [0.15, 0.2) is 0 Å². The number of carboxylic acids is 2. The molecule has 5 nitrogen and oxygen atoms in total. The molecule has 3 N–H and O–H groups in total. The van der Waals surface area contributed by atoms with E-state index in [2.05, 4.69) is 5.32 Å². The molecule has 0 aliphatic rings. The highest BCUT2D eigenvalue weighted by Gasteiger charge is 2.15. The SMILES string of the molecule is CC(C)(C)Nc1cc(C(=O)O)cc(C(=O)O)c1. The Hall–Kier alpha value is -2.04. The van der Waals surface area contributed by atoms with Crippen LogP contribution in [0, 0.1) is 0 Å². The van der Waals surface area contributed by atoms with E-state index in [4.69, 9.17) is 10.2 Å². The highest BCUT2D eigenvalue weighted by molar-refractivity contribution is 5.95. The van der Waals surface area contributed by atoms with E-state index < -0.39 is 11.9 Å². The van der Waals surface area contributed by atoms with Gasteiger partial charge in [0.25, 0.3) is 0 Å². The van der Waals surface area contributed by atoms with Crippen molar-refractivity contribution in [2.75, 3.05) is 5.32 Å². The van der Waals surface area contributed by atoms with E-state index in [1.54, 1.807) is 0 Å². The molecule has 1 aromatic carbocycles. The zero-order valence-electron chi connectivity index (χ0n) is 9.94. The van der Waals surface area contributed by atoms with Gasteiger partial charge < -0.3 is 15.5 Å². The van der Waals surface area contributed by atoms with Crippen molar-refractivity contribution in [3.63, 3.8) is 0 Å². The molecule has 0 bridgehead atoms. The van der Waals surface area contributed by atoms with Gasteiger partial charge in [0, 0.05) is 11.2 Å². The van der Waals surface area contributed by atoms with Crippen LogP contribution in [0.15, 0.2) is 18.2 Å². The predicted octanol–water partition coefficient (Wildman–Crippen LogP) is 2.29. The summed E-state index contributed by atoms with van der Waals surface area (Å²) in [5, 5.41) is 20.8. The van der Waals surface area contributed by atoms with E-state index in [0.717, 1.165) is 6.07 Å². The molecule has 0 saturated carbocycles. The van der Waals surface area contributed by atoms with Crippen molar-refractivity contribution in [3.8, 4) is 0 Å². The van der Waals surface area contributed by atoms with Crippen molar-refractivity contribution in [2.24, 2.45) is 0 Å². The van der Waals surface area contributed by atoms with Crippen LogP contribution < -0.4 is 5.32 Å². The molecule has 0 heterocycles. The molecule has 1 aromatic rings. The van der Waals surface area contributed by atoms with Gasteiger partial charge >= 0.3 is 11.9 Å². The lowest BCUT2D eigenvalue weighted by molar-refractivity contribution is 0.0696. The number of hydrogen-bond donors (Lipinski definition) is 3. The average molecular weight is 237 g/mol. The van der Waals surface area contributed by atoms with Crippen LogP contribution in [0.3, 0.4) is 0 Å². The van der Waals surface area contributed by atoms with Gasteiger partial charge in [-0.3, -0.25) is 0 Å². The number of nitrogens with one attached hydrogen (secondary N) is 1. The lowest BCUT2D eigenvalue weighted by Gasteiger charge is -2.22. The number of rotatable bonds is 3. The van der Waals surface area contributed by atoms with E-state index in [1.807, 2.05) is 20.8 Å². The third-order valence-electron chi connectivity index (χ3n) is 1.95. The normalized spacial score (nSPS) is 11.0. The molecule has 0 saturated heterocycles. The van der Waals surface area contributed by atoms with Crippen LogP contribution in [-0.2, 0) is 0 Å². The summed E-state index contributed by atoms with van der Waals surface area (Å²) in [5.74, 6) is -2.30. The maximum absolute atomic E-state index is 10.9. The maximum Gasteiger partial charge on any atom is 0.335 e. The van der Waals surface area contributed by atoms with E-state index in [0.29, 0.717) is 5.69 Å². The molecule has 1 rings (SSSR count). The van der Waals surface area contributed by atoms with Crippen molar-refractivity contribution in [3.05, 3.63) is 29.3 Å². The van der Waals surface area contributed by atoms with Crippen LogP contribution in [0.2, 0.25) is 0 Å². The Bertz CT molecular complexity index is 428. The first-order valence-electron chi connectivity index (χ1n) is 5.09. The van der Waals surface area contributed by atoms with Crippen molar-refractivity contribution in [1.82, 2.24) is 0 Å². The van der Waals surface area contributed by atoms with E-state index in [-0.39, 0.29) is 16.7 Å². The molecule has 0 spiro atoms. The molecule has 17 heavy (non-hydrogen) atoms. The molecule has 0 aliphatic carbocycles. The summed E-state index contributed by atoms with van der Waals surface area (Å²) < 4.78 is 0. The summed E-state index contributed by atoms with van der Waals surface area (Å²) >= 11 is 0. The van der Waals surface area contributed by atoms with Crippen LogP contribution in [0.1, 0.15) is 41.5 Å². The molecular formula is C12H15NO4. The van der Waals surface area contributed by atoms with Gasteiger partial charge in [0.05, 0.1) is 11.1 Å². The minimum absolute atomic E-state index is 0.0448. The topological polar surface area (TPSA) is 86.6 Å². The van der Waals surface area contributed by atoms with Crippen molar-refractivity contribution >= 4 is 17.6 Å². The summed E-state index contributed by atoms with van der Waals surface area (Å²) in [5.41, 5.74) is 0.121. The van der Waals surface area contributed by atoms with Crippen molar-refractivity contribution in [1.29, 1.82) is 0 Å². The summed E-state index contributed by atoms with van der Waals surface area (Å²) in [6.07, 6.45) is 0. The summed E-state index contributed by atoms with van der Waals surface area (Å²) in [4.78, 5) is 21.7. The highest BCUT2D eigenvalue weighted by Crippen LogP contribution is 2.19. The molecule has 0 radical (unpaired) electrons. The van der Waals surface area contributed by atoms with E-state index in [1.165, 1.54) is 12.1 Å². The molecule has 0 fully saturated rings. The van der Waals surface area contributed by atoms with Crippen molar-refractivity contribution < 1.29 is 19.8 Å². The average Bonchev–Trinajstić information content (AvgIpc) is 2.14. The smallest absolute Gasteiger partial charge is 0.335 e. The largest absolute Gasteiger partial charge is 0.478 e. The minimum Gasteiger partial charge on any atom is -0.478 e. The number of anilines is 1. The first-order valence-corrected chi connectivity index (χ1v) is 5.09. The Kier molecular flexibility index (Phi) is 3.41. The molecular weight excluding hydrogens is 222 g/mol. The molecule has 92 valence electrons. The Morgan fingerprint density at radius 1 is 1.00 bits per heavy atom. The van der Waals surface area contributed by atoms with Gasteiger partial charge in [0.1, 0.15) is 0 Å². The Morgan fingerprint density at radius 2 is 1.41 bits per heavy atom. The van der Waals surface area contributed by atoms with Gasteiger partial charge in [-0.1, -0.05) is 0 Å². The lowest BCUT2D eigenvalue weighted by atomic mass is 10.1. The van der Waals surface area contributed by atoms with Gasteiger partial charge in [-0.25, -0.2) is 9.59 Å². The molecule has 0 atom stereocenters. The summed E-state index contributed by atoms with van der Waals surface area (Å²) in [6, 6.07) is 3.97. The first kappa shape index (κ1) is 13.0. The second kappa shape index (κ2) is 4.45. The summed E-state index contributed by atoms with van der Waals surface area (Å²) in [7, 11) is 0. The van der Waals surface area contributed by atoms with Gasteiger partial charge in [-0.2, -0.15) is 0 Å². The number of aromatic carboxylic acids is 2. The number of carbonyl (C=O) groups is 2. The molecule has 5 heteroatoms.